The maximum absolute atomic E-state index is 11.8. The Morgan fingerprint density at radius 3 is 2.59 bits per heavy atom. The summed E-state index contributed by atoms with van der Waals surface area (Å²) in [6.07, 6.45) is 1.14. The third-order valence-electron chi connectivity index (χ3n) is 3.44. The van der Waals surface area contributed by atoms with Gasteiger partial charge in [-0.3, -0.25) is 9.69 Å². The summed E-state index contributed by atoms with van der Waals surface area (Å²) < 4.78 is 0. The fraction of sp³-hybridized carbons (Fsp3) is 0.917. The lowest BCUT2D eigenvalue weighted by Crippen LogP contribution is -2.45. The van der Waals surface area contributed by atoms with Crippen LogP contribution >= 0.6 is 12.4 Å². The Labute approximate surface area is 111 Å². The number of hydrogen-bond acceptors (Lipinski definition) is 3. The average molecular weight is 264 g/mol. The van der Waals surface area contributed by atoms with E-state index in [1.807, 2.05) is 7.05 Å². The Morgan fingerprint density at radius 1 is 1.47 bits per heavy atom. The molecule has 1 aliphatic heterocycles. The van der Waals surface area contributed by atoms with Crippen LogP contribution in [0.15, 0.2) is 0 Å². The molecule has 1 rings (SSSR count). The second-order valence-corrected chi connectivity index (χ2v) is 5.16. The van der Waals surface area contributed by atoms with Crippen molar-refractivity contribution < 1.29 is 4.79 Å². The van der Waals surface area contributed by atoms with Crippen LogP contribution in [0, 0.1) is 5.92 Å². The summed E-state index contributed by atoms with van der Waals surface area (Å²) in [5.74, 6) is 0.623. The quantitative estimate of drug-likeness (QED) is 0.774. The summed E-state index contributed by atoms with van der Waals surface area (Å²) in [5.41, 5.74) is 0. The van der Waals surface area contributed by atoms with Gasteiger partial charge < -0.3 is 10.6 Å². The van der Waals surface area contributed by atoms with E-state index < -0.39 is 0 Å². The van der Waals surface area contributed by atoms with Crippen molar-refractivity contribution >= 4 is 18.3 Å². The molecule has 1 aliphatic rings. The molecule has 102 valence electrons. The van der Waals surface area contributed by atoms with Crippen LogP contribution in [0.25, 0.3) is 0 Å². The zero-order chi connectivity index (χ0) is 12.1. The Balaban J connectivity index is 0.00000256. The lowest BCUT2D eigenvalue weighted by atomic mass is 10.1. The molecule has 0 spiro atoms. The number of carbonyl (C=O) groups excluding carboxylic acids is 1. The standard InChI is InChI=1S/C12H25N3O.ClH/c1-9(2)10(3)14-12(16)8-15(4)11-5-6-13-7-11;/h9-11,13H,5-8H2,1-4H3,(H,14,16);1H. The molecule has 0 radical (unpaired) electrons. The third kappa shape index (κ3) is 5.70. The van der Waals surface area contributed by atoms with Crippen molar-refractivity contribution in [3.8, 4) is 0 Å². The van der Waals surface area contributed by atoms with Crippen molar-refractivity contribution in [1.29, 1.82) is 0 Å². The Bertz CT molecular complexity index is 230. The van der Waals surface area contributed by atoms with E-state index in [1.54, 1.807) is 0 Å². The van der Waals surface area contributed by atoms with Crippen LogP contribution in [-0.4, -0.2) is 49.6 Å². The van der Waals surface area contributed by atoms with Gasteiger partial charge in [-0.25, -0.2) is 0 Å². The molecule has 0 aromatic heterocycles. The Kier molecular flexibility index (Phi) is 7.75. The van der Waals surface area contributed by atoms with E-state index in [4.69, 9.17) is 0 Å². The minimum Gasteiger partial charge on any atom is -0.352 e. The van der Waals surface area contributed by atoms with Gasteiger partial charge in [-0.1, -0.05) is 13.8 Å². The first-order valence-corrected chi connectivity index (χ1v) is 6.21. The average Bonchev–Trinajstić information content (AvgIpc) is 2.69. The fourth-order valence-electron chi connectivity index (χ4n) is 1.84. The summed E-state index contributed by atoms with van der Waals surface area (Å²) in [5, 5.41) is 6.34. The Hall–Kier alpha value is -0.320. The van der Waals surface area contributed by atoms with Gasteiger partial charge >= 0.3 is 0 Å². The summed E-state index contributed by atoms with van der Waals surface area (Å²) in [6.45, 7) is 8.87. The number of halogens is 1. The number of nitrogens with one attached hydrogen (secondary N) is 2. The minimum absolute atomic E-state index is 0. The van der Waals surface area contributed by atoms with Gasteiger partial charge in [-0.05, 0) is 32.9 Å². The number of rotatable bonds is 5. The number of likely N-dealkylation sites (N-methyl/N-ethyl adjacent to an activating group) is 1. The molecule has 0 aliphatic carbocycles. The van der Waals surface area contributed by atoms with E-state index in [1.165, 1.54) is 0 Å². The molecule has 4 nitrogen and oxygen atoms in total. The molecule has 2 atom stereocenters. The van der Waals surface area contributed by atoms with Crippen molar-refractivity contribution in [2.45, 2.75) is 39.3 Å². The van der Waals surface area contributed by atoms with Crippen LogP contribution in [0.5, 0.6) is 0 Å². The first-order valence-electron chi connectivity index (χ1n) is 6.21. The monoisotopic (exact) mass is 263 g/mol. The van der Waals surface area contributed by atoms with E-state index in [0.29, 0.717) is 18.5 Å². The van der Waals surface area contributed by atoms with Crippen LogP contribution in [0.2, 0.25) is 0 Å². The summed E-state index contributed by atoms with van der Waals surface area (Å²) >= 11 is 0. The number of hydrogen-bond donors (Lipinski definition) is 2. The molecule has 0 saturated carbocycles. The van der Waals surface area contributed by atoms with Gasteiger partial charge in [0, 0.05) is 18.6 Å². The molecular formula is C12H26ClN3O. The summed E-state index contributed by atoms with van der Waals surface area (Å²) in [4.78, 5) is 13.9. The predicted molar refractivity (Wildman–Crippen MR) is 73.6 cm³/mol. The second kappa shape index (κ2) is 7.90. The molecule has 1 heterocycles. The van der Waals surface area contributed by atoms with Crippen molar-refractivity contribution in [1.82, 2.24) is 15.5 Å². The highest BCUT2D eigenvalue weighted by atomic mass is 35.5. The normalized spacial score (nSPS) is 21.4. The summed E-state index contributed by atoms with van der Waals surface area (Å²) in [7, 11) is 2.03. The number of nitrogens with zero attached hydrogens (tertiary/aromatic N) is 1. The molecular weight excluding hydrogens is 238 g/mol. The second-order valence-electron chi connectivity index (χ2n) is 5.16. The van der Waals surface area contributed by atoms with Gasteiger partial charge in [0.2, 0.25) is 5.91 Å². The van der Waals surface area contributed by atoms with E-state index in [9.17, 15) is 4.79 Å². The molecule has 1 saturated heterocycles. The van der Waals surface area contributed by atoms with Gasteiger partial charge in [-0.15, -0.1) is 12.4 Å². The SMILES string of the molecule is CC(C)C(C)NC(=O)CN(C)C1CCNC1.Cl. The lowest BCUT2D eigenvalue weighted by molar-refractivity contribution is -0.123. The van der Waals surface area contributed by atoms with E-state index in [2.05, 4.69) is 36.3 Å². The van der Waals surface area contributed by atoms with E-state index in [0.717, 1.165) is 19.5 Å². The van der Waals surface area contributed by atoms with Gasteiger partial charge in [0.05, 0.1) is 6.54 Å². The Morgan fingerprint density at radius 2 is 2.12 bits per heavy atom. The summed E-state index contributed by atoms with van der Waals surface area (Å²) in [6, 6.07) is 0.766. The minimum atomic E-state index is 0. The largest absolute Gasteiger partial charge is 0.352 e. The fourth-order valence-corrected chi connectivity index (χ4v) is 1.84. The first kappa shape index (κ1) is 16.7. The molecule has 0 aromatic carbocycles. The highest BCUT2D eigenvalue weighted by Crippen LogP contribution is 2.05. The van der Waals surface area contributed by atoms with E-state index in [-0.39, 0.29) is 24.4 Å². The molecule has 5 heteroatoms. The molecule has 0 bridgehead atoms. The lowest BCUT2D eigenvalue weighted by Gasteiger charge is -2.24. The first-order chi connectivity index (χ1) is 7.50. The van der Waals surface area contributed by atoms with Crippen molar-refractivity contribution in [3.63, 3.8) is 0 Å². The van der Waals surface area contributed by atoms with Crippen LogP contribution in [0.4, 0.5) is 0 Å². The zero-order valence-corrected chi connectivity index (χ0v) is 12.1. The highest BCUT2D eigenvalue weighted by molar-refractivity contribution is 5.85. The molecule has 0 aromatic rings. The molecule has 1 amide bonds. The van der Waals surface area contributed by atoms with Crippen LogP contribution in [0.3, 0.4) is 0 Å². The van der Waals surface area contributed by atoms with E-state index >= 15 is 0 Å². The van der Waals surface area contributed by atoms with Crippen LogP contribution in [-0.2, 0) is 4.79 Å². The van der Waals surface area contributed by atoms with Crippen molar-refractivity contribution in [3.05, 3.63) is 0 Å². The van der Waals surface area contributed by atoms with Crippen LogP contribution in [0.1, 0.15) is 27.2 Å². The number of carbonyl (C=O) groups is 1. The number of amides is 1. The highest BCUT2D eigenvalue weighted by Gasteiger charge is 2.21. The molecule has 1 fully saturated rings. The van der Waals surface area contributed by atoms with Crippen LogP contribution < -0.4 is 10.6 Å². The molecule has 2 unspecified atom stereocenters. The van der Waals surface area contributed by atoms with Crippen molar-refractivity contribution in [2.75, 3.05) is 26.7 Å². The van der Waals surface area contributed by atoms with Gasteiger partial charge in [0.15, 0.2) is 0 Å². The predicted octanol–water partition coefficient (Wildman–Crippen LogP) is 0.863. The topological polar surface area (TPSA) is 44.4 Å². The maximum atomic E-state index is 11.8. The van der Waals surface area contributed by atoms with Gasteiger partial charge in [0.1, 0.15) is 0 Å². The zero-order valence-electron chi connectivity index (χ0n) is 11.3. The van der Waals surface area contributed by atoms with Gasteiger partial charge in [-0.2, -0.15) is 0 Å². The molecule has 17 heavy (non-hydrogen) atoms. The third-order valence-corrected chi connectivity index (χ3v) is 3.44. The van der Waals surface area contributed by atoms with Crippen molar-refractivity contribution in [2.24, 2.45) is 5.92 Å². The van der Waals surface area contributed by atoms with Gasteiger partial charge in [0.25, 0.3) is 0 Å². The smallest absolute Gasteiger partial charge is 0.234 e. The maximum Gasteiger partial charge on any atom is 0.234 e. The molecule has 2 N–H and O–H groups in total.